The van der Waals surface area contributed by atoms with Crippen LogP contribution in [0.25, 0.3) is 0 Å². The Balaban J connectivity index is 2.00. The summed E-state index contributed by atoms with van der Waals surface area (Å²) < 4.78 is 1.79. The van der Waals surface area contributed by atoms with Crippen molar-refractivity contribution in [2.24, 2.45) is 18.9 Å². The topological polar surface area (TPSA) is 42.7 Å². The Morgan fingerprint density at radius 2 is 2.31 bits per heavy atom. The van der Waals surface area contributed by atoms with Crippen molar-refractivity contribution < 1.29 is 0 Å². The Kier molecular flexibility index (Phi) is 3.59. The van der Waals surface area contributed by atoms with E-state index in [1.54, 1.807) is 4.68 Å². The van der Waals surface area contributed by atoms with Gasteiger partial charge in [-0.1, -0.05) is 12.1 Å². The molecule has 2 rings (SSSR count). The van der Waals surface area contributed by atoms with Crippen LogP contribution in [-0.4, -0.2) is 28.1 Å². The van der Waals surface area contributed by atoms with Gasteiger partial charge >= 0.3 is 0 Å². The third-order valence-corrected chi connectivity index (χ3v) is 3.74. The first-order chi connectivity index (χ1) is 7.69. The van der Waals surface area contributed by atoms with Crippen LogP contribution in [0.4, 0.5) is 0 Å². The second kappa shape index (κ2) is 4.95. The van der Waals surface area contributed by atoms with E-state index < -0.39 is 0 Å². The zero-order valence-corrected chi connectivity index (χ0v) is 10.5. The van der Waals surface area contributed by atoms with E-state index in [9.17, 15) is 0 Å². The predicted octanol–water partition coefficient (Wildman–Crippen LogP) is 1.38. The molecule has 4 heteroatoms. The zero-order chi connectivity index (χ0) is 11.5. The molecule has 1 heterocycles. The standard InChI is InChI=1S/C12H22N4/c1-9-4-5-12(13-2)10(6-9)7-11-8-16(3)15-14-11/h8-10,12-13H,4-7H2,1-3H3. The molecule has 4 nitrogen and oxygen atoms in total. The van der Waals surface area contributed by atoms with E-state index in [1.165, 1.54) is 19.3 Å². The van der Waals surface area contributed by atoms with Gasteiger partial charge in [-0.3, -0.25) is 4.68 Å². The Hall–Kier alpha value is -0.900. The summed E-state index contributed by atoms with van der Waals surface area (Å²) in [5.74, 6) is 1.57. The first-order valence-corrected chi connectivity index (χ1v) is 6.21. The Morgan fingerprint density at radius 3 is 2.94 bits per heavy atom. The molecular weight excluding hydrogens is 200 g/mol. The fourth-order valence-electron chi connectivity index (χ4n) is 2.86. The molecule has 1 saturated carbocycles. The summed E-state index contributed by atoms with van der Waals surface area (Å²) in [6, 6.07) is 0.651. The maximum atomic E-state index is 4.19. The third-order valence-electron chi connectivity index (χ3n) is 3.74. The van der Waals surface area contributed by atoms with Gasteiger partial charge < -0.3 is 5.32 Å². The Labute approximate surface area is 97.4 Å². The summed E-state index contributed by atoms with van der Waals surface area (Å²) in [6.07, 6.45) is 7.04. The van der Waals surface area contributed by atoms with Gasteiger partial charge in [0, 0.05) is 19.3 Å². The van der Waals surface area contributed by atoms with Gasteiger partial charge in [0.2, 0.25) is 0 Å². The maximum absolute atomic E-state index is 4.19. The lowest BCUT2D eigenvalue weighted by molar-refractivity contribution is 0.219. The van der Waals surface area contributed by atoms with Gasteiger partial charge in [-0.05, 0) is 44.6 Å². The van der Waals surface area contributed by atoms with Gasteiger partial charge in [-0.2, -0.15) is 0 Å². The smallest absolute Gasteiger partial charge is 0.0830 e. The number of aromatic nitrogens is 3. The highest BCUT2D eigenvalue weighted by molar-refractivity contribution is 4.97. The number of hydrogen-bond acceptors (Lipinski definition) is 3. The first-order valence-electron chi connectivity index (χ1n) is 6.21. The summed E-state index contributed by atoms with van der Waals surface area (Å²) in [4.78, 5) is 0. The molecule has 0 spiro atoms. The van der Waals surface area contributed by atoms with E-state index in [0.29, 0.717) is 12.0 Å². The second-order valence-corrected chi connectivity index (χ2v) is 5.16. The van der Waals surface area contributed by atoms with Gasteiger partial charge in [0.15, 0.2) is 0 Å². The molecule has 1 aromatic heterocycles. The van der Waals surface area contributed by atoms with Crippen LogP contribution in [0.2, 0.25) is 0 Å². The molecule has 16 heavy (non-hydrogen) atoms. The predicted molar refractivity (Wildman–Crippen MR) is 64.1 cm³/mol. The van der Waals surface area contributed by atoms with Crippen LogP contribution >= 0.6 is 0 Å². The summed E-state index contributed by atoms with van der Waals surface area (Å²) in [6.45, 7) is 2.36. The van der Waals surface area contributed by atoms with Crippen molar-refractivity contribution in [1.82, 2.24) is 20.3 Å². The highest BCUT2D eigenvalue weighted by Crippen LogP contribution is 2.30. The maximum Gasteiger partial charge on any atom is 0.0830 e. The average Bonchev–Trinajstić information content (AvgIpc) is 2.64. The first kappa shape index (κ1) is 11.6. The molecule has 3 unspecified atom stereocenters. The molecule has 0 bridgehead atoms. The highest BCUT2D eigenvalue weighted by atomic mass is 15.4. The molecular formula is C12H22N4. The molecule has 1 aliphatic rings. The van der Waals surface area contributed by atoms with E-state index in [4.69, 9.17) is 0 Å². The molecule has 90 valence electrons. The molecule has 3 atom stereocenters. The largest absolute Gasteiger partial charge is 0.317 e. The average molecular weight is 222 g/mol. The SMILES string of the molecule is CNC1CCC(C)CC1Cc1cn(C)nn1. The normalized spacial score (nSPS) is 30.6. The van der Waals surface area contributed by atoms with Crippen molar-refractivity contribution in [3.63, 3.8) is 0 Å². The zero-order valence-electron chi connectivity index (χ0n) is 10.5. The van der Waals surface area contributed by atoms with Crippen molar-refractivity contribution in [2.75, 3.05) is 7.05 Å². The van der Waals surface area contributed by atoms with Gasteiger partial charge in [0.1, 0.15) is 0 Å². The van der Waals surface area contributed by atoms with E-state index in [-0.39, 0.29) is 0 Å². The summed E-state index contributed by atoms with van der Waals surface area (Å²) in [7, 11) is 4.00. The van der Waals surface area contributed by atoms with Crippen LogP contribution in [0.5, 0.6) is 0 Å². The Morgan fingerprint density at radius 1 is 1.50 bits per heavy atom. The van der Waals surface area contributed by atoms with Crippen LogP contribution in [0, 0.1) is 11.8 Å². The van der Waals surface area contributed by atoms with Gasteiger partial charge in [0.05, 0.1) is 5.69 Å². The minimum absolute atomic E-state index is 0.651. The van der Waals surface area contributed by atoms with Gasteiger partial charge in [-0.25, -0.2) is 0 Å². The number of nitrogens with one attached hydrogen (secondary N) is 1. The van der Waals surface area contributed by atoms with Crippen molar-refractivity contribution >= 4 is 0 Å². The summed E-state index contributed by atoms with van der Waals surface area (Å²) in [5.41, 5.74) is 1.13. The number of aryl methyl sites for hydroxylation is 1. The van der Waals surface area contributed by atoms with E-state index in [0.717, 1.165) is 18.0 Å². The number of rotatable bonds is 3. The van der Waals surface area contributed by atoms with Crippen LogP contribution in [-0.2, 0) is 13.5 Å². The lowest BCUT2D eigenvalue weighted by Gasteiger charge is -2.34. The number of nitrogens with zero attached hydrogens (tertiary/aromatic N) is 3. The summed E-state index contributed by atoms with van der Waals surface area (Å²) in [5, 5.41) is 11.6. The van der Waals surface area contributed by atoms with Crippen molar-refractivity contribution in [3.8, 4) is 0 Å². The quantitative estimate of drug-likeness (QED) is 0.840. The van der Waals surface area contributed by atoms with Crippen LogP contribution in [0.1, 0.15) is 31.9 Å². The fourth-order valence-corrected chi connectivity index (χ4v) is 2.86. The van der Waals surface area contributed by atoms with Gasteiger partial charge in [-0.15, -0.1) is 5.10 Å². The van der Waals surface area contributed by atoms with Crippen molar-refractivity contribution in [1.29, 1.82) is 0 Å². The van der Waals surface area contributed by atoms with Crippen LogP contribution < -0.4 is 5.32 Å². The fraction of sp³-hybridized carbons (Fsp3) is 0.833. The molecule has 1 fully saturated rings. The lowest BCUT2D eigenvalue weighted by Crippen LogP contribution is -2.39. The molecule has 1 N–H and O–H groups in total. The van der Waals surface area contributed by atoms with E-state index in [2.05, 4.69) is 29.6 Å². The van der Waals surface area contributed by atoms with Crippen LogP contribution in [0.15, 0.2) is 6.20 Å². The van der Waals surface area contributed by atoms with Crippen LogP contribution in [0.3, 0.4) is 0 Å². The molecule has 0 radical (unpaired) electrons. The Bertz CT molecular complexity index is 334. The van der Waals surface area contributed by atoms with E-state index in [1.807, 2.05) is 13.2 Å². The number of hydrogen-bond donors (Lipinski definition) is 1. The monoisotopic (exact) mass is 222 g/mol. The molecule has 0 aromatic carbocycles. The minimum atomic E-state index is 0.651. The van der Waals surface area contributed by atoms with Crippen molar-refractivity contribution in [2.45, 2.75) is 38.6 Å². The van der Waals surface area contributed by atoms with E-state index >= 15 is 0 Å². The second-order valence-electron chi connectivity index (χ2n) is 5.16. The third kappa shape index (κ3) is 2.61. The minimum Gasteiger partial charge on any atom is -0.317 e. The highest BCUT2D eigenvalue weighted by Gasteiger charge is 2.28. The van der Waals surface area contributed by atoms with Gasteiger partial charge in [0.25, 0.3) is 0 Å². The lowest BCUT2D eigenvalue weighted by atomic mass is 9.77. The molecule has 1 aliphatic carbocycles. The van der Waals surface area contributed by atoms with Crippen molar-refractivity contribution in [3.05, 3.63) is 11.9 Å². The molecule has 0 amide bonds. The molecule has 0 aliphatic heterocycles. The molecule has 1 aromatic rings. The molecule has 0 saturated heterocycles. The summed E-state index contributed by atoms with van der Waals surface area (Å²) >= 11 is 0.